The third-order valence-corrected chi connectivity index (χ3v) is 2.26. The normalized spacial score (nSPS) is 21.0. The van der Waals surface area contributed by atoms with Gasteiger partial charge in [-0.15, -0.1) is 0 Å². The largest absolute Gasteiger partial charge is 0.355 e. The van der Waals surface area contributed by atoms with Crippen molar-refractivity contribution >= 4 is 5.91 Å². The van der Waals surface area contributed by atoms with Crippen molar-refractivity contribution in [3.05, 3.63) is 33.3 Å². The van der Waals surface area contributed by atoms with Crippen LogP contribution < -0.4 is 5.32 Å². The van der Waals surface area contributed by atoms with Gasteiger partial charge in [0.1, 0.15) is 5.83 Å². The molecule has 0 saturated heterocycles. The van der Waals surface area contributed by atoms with E-state index in [0.29, 0.717) is 0 Å². The minimum atomic E-state index is -0.820. The van der Waals surface area contributed by atoms with E-state index >= 15 is 0 Å². The van der Waals surface area contributed by atoms with Gasteiger partial charge >= 0.3 is 0 Å². The number of rotatable bonds is 2. The second-order valence-electron chi connectivity index (χ2n) is 3.34. The fraction of sp³-hybridized carbons (Fsp3) is 0.444. The lowest BCUT2D eigenvalue weighted by atomic mass is 9.90. The molecule has 6 heteroatoms. The number of halogens is 1. The number of carbonyl (C=O) groups is 1. The molecule has 0 fully saturated rings. The smallest absolute Gasteiger partial charge is 0.250 e. The molecular weight excluding hydrogens is 203 g/mol. The number of likely N-dealkylation sites (N-methyl/N-ethyl adjacent to an activating group) is 1. The van der Waals surface area contributed by atoms with Crippen LogP contribution in [0.1, 0.15) is 13.3 Å². The fourth-order valence-corrected chi connectivity index (χ4v) is 1.53. The molecule has 1 unspecified atom stereocenters. The van der Waals surface area contributed by atoms with E-state index < -0.39 is 22.6 Å². The maximum Gasteiger partial charge on any atom is 0.250 e. The number of nitrogens with zero attached hydrogens (tertiary/aromatic N) is 1. The molecule has 0 aliphatic heterocycles. The number of amides is 1. The second kappa shape index (κ2) is 4.20. The standard InChI is InChI=1S/C9H11FN2O3/c1-5-3-6(12(14)15)4-7(10)8(5)9(13)11-2/h4-5H,3H2,1-2H3,(H,11,13). The summed E-state index contributed by atoms with van der Waals surface area (Å²) in [6, 6.07) is 0. The average molecular weight is 214 g/mol. The zero-order valence-electron chi connectivity index (χ0n) is 8.41. The lowest BCUT2D eigenvalue weighted by molar-refractivity contribution is -0.429. The summed E-state index contributed by atoms with van der Waals surface area (Å²) in [5.74, 6) is -1.83. The van der Waals surface area contributed by atoms with Gasteiger partial charge in [-0.05, 0) is 5.92 Å². The topological polar surface area (TPSA) is 72.2 Å². The molecule has 0 spiro atoms. The van der Waals surface area contributed by atoms with Crippen molar-refractivity contribution in [3.63, 3.8) is 0 Å². The van der Waals surface area contributed by atoms with Gasteiger partial charge in [0.15, 0.2) is 0 Å². The van der Waals surface area contributed by atoms with Crippen LogP contribution in [0.15, 0.2) is 23.2 Å². The van der Waals surface area contributed by atoms with Crippen molar-refractivity contribution in [2.45, 2.75) is 13.3 Å². The van der Waals surface area contributed by atoms with Crippen molar-refractivity contribution in [2.24, 2.45) is 5.92 Å². The predicted octanol–water partition coefficient (Wildman–Crippen LogP) is 1.16. The van der Waals surface area contributed by atoms with Crippen LogP contribution in [-0.4, -0.2) is 17.9 Å². The van der Waals surface area contributed by atoms with Gasteiger partial charge in [0.2, 0.25) is 11.6 Å². The molecule has 1 rings (SSSR count). The number of allylic oxidation sites excluding steroid dienone is 3. The van der Waals surface area contributed by atoms with Crippen LogP contribution in [0.3, 0.4) is 0 Å². The monoisotopic (exact) mass is 214 g/mol. The van der Waals surface area contributed by atoms with Crippen molar-refractivity contribution < 1.29 is 14.1 Å². The van der Waals surface area contributed by atoms with Crippen LogP contribution in [-0.2, 0) is 4.79 Å². The number of hydrogen-bond donors (Lipinski definition) is 1. The Morgan fingerprint density at radius 2 is 2.33 bits per heavy atom. The maximum atomic E-state index is 13.4. The molecule has 0 aromatic rings. The molecule has 1 N–H and O–H groups in total. The highest BCUT2D eigenvalue weighted by Gasteiger charge is 2.30. The Hall–Kier alpha value is -1.72. The number of nitrogens with one attached hydrogen (secondary N) is 1. The Morgan fingerprint density at radius 3 is 2.73 bits per heavy atom. The molecule has 0 heterocycles. The maximum absolute atomic E-state index is 13.4. The first-order valence-electron chi connectivity index (χ1n) is 4.44. The first-order chi connectivity index (χ1) is 6.97. The predicted molar refractivity (Wildman–Crippen MR) is 51.1 cm³/mol. The van der Waals surface area contributed by atoms with Gasteiger partial charge in [-0.2, -0.15) is 0 Å². The number of hydrogen-bond acceptors (Lipinski definition) is 3. The van der Waals surface area contributed by atoms with Gasteiger partial charge in [-0.25, -0.2) is 4.39 Å². The third kappa shape index (κ3) is 2.20. The summed E-state index contributed by atoms with van der Waals surface area (Å²) in [4.78, 5) is 21.1. The van der Waals surface area contributed by atoms with Gasteiger partial charge in [-0.1, -0.05) is 6.92 Å². The molecule has 82 valence electrons. The molecule has 0 radical (unpaired) electrons. The molecular formula is C9H11FN2O3. The van der Waals surface area contributed by atoms with Crippen molar-refractivity contribution in [1.29, 1.82) is 0 Å². The van der Waals surface area contributed by atoms with Gasteiger partial charge < -0.3 is 5.32 Å². The zero-order chi connectivity index (χ0) is 11.6. The molecule has 1 aliphatic rings. The zero-order valence-corrected chi connectivity index (χ0v) is 8.41. The van der Waals surface area contributed by atoms with Crippen molar-refractivity contribution in [2.75, 3.05) is 7.05 Å². The minimum Gasteiger partial charge on any atom is -0.355 e. The quantitative estimate of drug-likeness (QED) is 0.553. The fourth-order valence-electron chi connectivity index (χ4n) is 1.53. The van der Waals surface area contributed by atoms with Crippen LogP contribution >= 0.6 is 0 Å². The Kier molecular flexibility index (Phi) is 3.18. The van der Waals surface area contributed by atoms with Gasteiger partial charge in [0, 0.05) is 19.5 Å². The highest BCUT2D eigenvalue weighted by Crippen LogP contribution is 2.30. The summed E-state index contributed by atoms with van der Waals surface area (Å²) in [5, 5.41) is 12.7. The summed E-state index contributed by atoms with van der Waals surface area (Å²) in [7, 11) is 1.39. The molecule has 1 amide bonds. The van der Waals surface area contributed by atoms with Crippen LogP contribution in [0.5, 0.6) is 0 Å². The molecule has 0 saturated carbocycles. The first kappa shape index (κ1) is 11.4. The number of carbonyl (C=O) groups excluding carboxylic acids is 1. The second-order valence-corrected chi connectivity index (χ2v) is 3.34. The van der Waals surface area contributed by atoms with Gasteiger partial charge in [-0.3, -0.25) is 14.9 Å². The van der Waals surface area contributed by atoms with Crippen LogP contribution in [0.25, 0.3) is 0 Å². The lowest BCUT2D eigenvalue weighted by Gasteiger charge is -2.17. The van der Waals surface area contributed by atoms with Crippen molar-refractivity contribution in [3.8, 4) is 0 Å². The summed E-state index contributed by atoms with van der Waals surface area (Å²) in [5.41, 5.74) is -0.226. The van der Waals surface area contributed by atoms with E-state index in [0.717, 1.165) is 6.08 Å². The van der Waals surface area contributed by atoms with Gasteiger partial charge in [0.05, 0.1) is 10.5 Å². The van der Waals surface area contributed by atoms with E-state index in [1.165, 1.54) is 7.05 Å². The van der Waals surface area contributed by atoms with Crippen LogP contribution in [0.2, 0.25) is 0 Å². The Bertz CT molecular complexity index is 374. The minimum absolute atomic E-state index is 0.0249. The molecule has 5 nitrogen and oxygen atoms in total. The Labute approximate surface area is 85.8 Å². The molecule has 0 aromatic heterocycles. The first-order valence-corrected chi connectivity index (χ1v) is 4.44. The van der Waals surface area contributed by atoms with E-state index in [9.17, 15) is 19.3 Å². The Balaban J connectivity index is 3.11. The summed E-state index contributed by atoms with van der Waals surface area (Å²) in [6.45, 7) is 1.58. The summed E-state index contributed by atoms with van der Waals surface area (Å²) < 4.78 is 13.4. The molecule has 1 atom stereocenters. The molecule has 0 aromatic carbocycles. The molecule has 15 heavy (non-hydrogen) atoms. The highest BCUT2D eigenvalue weighted by atomic mass is 19.1. The van der Waals surface area contributed by atoms with E-state index in [-0.39, 0.29) is 17.7 Å². The Morgan fingerprint density at radius 1 is 1.73 bits per heavy atom. The summed E-state index contributed by atoms with van der Waals surface area (Å²) in [6.07, 6.45) is 0.883. The van der Waals surface area contributed by atoms with Crippen molar-refractivity contribution in [1.82, 2.24) is 5.32 Å². The molecule has 0 bridgehead atoms. The third-order valence-electron chi connectivity index (χ3n) is 2.26. The van der Waals surface area contributed by atoms with E-state index in [2.05, 4.69) is 5.32 Å². The van der Waals surface area contributed by atoms with E-state index in [1.807, 2.05) is 0 Å². The number of nitro groups is 1. The van der Waals surface area contributed by atoms with Gasteiger partial charge in [0.25, 0.3) is 0 Å². The SMILES string of the molecule is CNC(=O)C1=C(F)C=C([N+](=O)[O-])CC1C. The lowest BCUT2D eigenvalue weighted by Crippen LogP contribution is -2.27. The summed E-state index contributed by atoms with van der Waals surface area (Å²) >= 11 is 0. The van der Waals surface area contributed by atoms with E-state index in [1.54, 1.807) is 6.92 Å². The molecule has 1 aliphatic carbocycles. The average Bonchev–Trinajstić information content (AvgIpc) is 2.16. The van der Waals surface area contributed by atoms with Crippen LogP contribution in [0, 0.1) is 16.0 Å². The van der Waals surface area contributed by atoms with E-state index in [4.69, 9.17) is 0 Å². The van der Waals surface area contributed by atoms with Crippen LogP contribution in [0.4, 0.5) is 4.39 Å². The highest BCUT2D eigenvalue weighted by molar-refractivity contribution is 5.94.